The summed E-state index contributed by atoms with van der Waals surface area (Å²) in [6, 6.07) is 0. The van der Waals surface area contributed by atoms with E-state index in [0.29, 0.717) is 18.9 Å². The zero-order chi connectivity index (χ0) is 12.3. The van der Waals surface area contributed by atoms with Crippen molar-refractivity contribution in [2.24, 2.45) is 7.05 Å². The largest absolute Gasteiger partial charge is 0.368 e. The van der Waals surface area contributed by atoms with Gasteiger partial charge in [0.25, 0.3) is 0 Å². The lowest BCUT2D eigenvalue weighted by molar-refractivity contribution is 0.741. The minimum atomic E-state index is 0.0657. The van der Waals surface area contributed by atoms with Crippen LogP contribution >= 0.6 is 11.6 Å². The summed E-state index contributed by atoms with van der Waals surface area (Å²) in [5, 5.41) is 7.17. The second-order valence-electron chi connectivity index (χ2n) is 3.30. The van der Waals surface area contributed by atoms with Crippen LogP contribution in [0.5, 0.6) is 0 Å². The summed E-state index contributed by atoms with van der Waals surface area (Å²) < 4.78 is 1.65. The smallest absolute Gasteiger partial charge is 0.228 e. The third-order valence-electron chi connectivity index (χ3n) is 1.90. The van der Waals surface area contributed by atoms with Gasteiger partial charge in [0.05, 0.1) is 0 Å². The van der Waals surface area contributed by atoms with Crippen LogP contribution in [0.1, 0.15) is 5.82 Å². The Morgan fingerprint density at radius 1 is 1.41 bits per heavy atom. The van der Waals surface area contributed by atoms with Gasteiger partial charge in [-0.05, 0) is 11.6 Å². The summed E-state index contributed by atoms with van der Waals surface area (Å²) in [5.41, 5.74) is 5.43. The van der Waals surface area contributed by atoms with Crippen LogP contribution in [0.4, 0.5) is 11.9 Å². The molecule has 0 radical (unpaired) electrons. The molecule has 0 fully saturated rings. The van der Waals surface area contributed by atoms with Crippen molar-refractivity contribution in [3.05, 3.63) is 17.4 Å². The van der Waals surface area contributed by atoms with E-state index in [-0.39, 0.29) is 11.2 Å². The predicted octanol–water partition coefficient (Wildman–Crippen LogP) is -0.110. The molecule has 2 aromatic heterocycles. The lowest BCUT2D eigenvalue weighted by Gasteiger charge is -2.03. The van der Waals surface area contributed by atoms with E-state index >= 15 is 0 Å². The van der Waals surface area contributed by atoms with Crippen molar-refractivity contribution in [3.63, 3.8) is 0 Å². The quantitative estimate of drug-likeness (QED) is 0.784. The van der Waals surface area contributed by atoms with Crippen LogP contribution in [0.2, 0.25) is 5.28 Å². The third-order valence-corrected chi connectivity index (χ3v) is 2.07. The molecule has 90 valence electrons. The van der Waals surface area contributed by atoms with E-state index in [4.69, 9.17) is 17.3 Å². The molecule has 0 bridgehead atoms. The number of aryl methyl sites for hydroxylation is 1. The Hall–Kier alpha value is -1.96. The van der Waals surface area contributed by atoms with Gasteiger partial charge in [-0.25, -0.2) is 4.98 Å². The van der Waals surface area contributed by atoms with Crippen LogP contribution in [-0.2, 0) is 13.5 Å². The zero-order valence-corrected chi connectivity index (χ0v) is 9.89. The molecule has 3 N–H and O–H groups in total. The molecule has 0 spiro atoms. The van der Waals surface area contributed by atoms with Gasteiger partial charge in [-0.3, -0.25) is 4.68 Å². The van der Waals surface area contributed by atoms with Crippen molar-refractivity contribution >= 4 is 23.5 Å². The van der Waals surface area contributed by atoms with E-state index in [2.05, 4.69) is 30.4 Å². The Morgan fingerprint density at radius 3 is 2.88 bits per heavy atom. The first-order valence-corrected chi connectivity index (χ1v) is 5.27. The van der Waals surface area contributed by atoms with E-state index in [0.717, 1.165) is 5.82 Å². The van der Waals surface area contributed by atoms with Gasteiger partial charge < -0.3 is 11.1 Å². The highest BCUT2D eigenvalue weighted by molar-refractivity contribution is 6.28. The van der Waals surface area contributed by atoms with Crippen LogP contribution in [0.3, 0.4) is 0 Å². The van der Waals surface area contributed by atoms with Crippen molar-refractivity contribution in [1.82, 2.24) is 29.7 Å². The average Bonchev–Trinajstić information content (AvgIpc) is 2.63. The number of nitrogen functional groups attached to an aromatic ring is 1. The van der Waals surface area contributed by atoms with Gasteiger partial charge in [0, 0.05) is 20.0 Å². The first-order chi connectivity index (χ1) is 8.13. The van der Waals surface area contributed by atoms with Crippen LogP contribution in [0.15, 0.2) is 6.33 Å². The molecular weight excluding hydrogens is 244 g/mol. The van der Waals surface area contributed by atoms with Crippen molar-refractivity contribution in [2.75, 3.05) is 17.6 Å². The maximum absolute atomic E-state index is 5.64. The number of nitrogens with one attached hydrogen (secondary N) is 1. The normalized spacial score (nSPS) is 10.5. The molecule has 0 saturated carbocycles. The molecule has 2 rings (SSSR count). The molecule has 0 aliphatic carbocycles. The number of nitrogens with two attached hydrogens (primary N) is 1. The molecule has 0 saturated heterocycles. The molecule has 17 heavy (non-hydrogen) atoms. The third kappa shape index (κ3) is 3.25. The summed E-state index contributed by atoms with van der Waals surface area (Å²) in [4.78, 5) is 15.5. The molecule has 0 unspecified atom stereocenters. The lowest BCUT2D eigenvalue weighted by Crippen LogP contribution is -2.11. The Labute approximate surface area is 102 Å². The maximum Gasteiger partial charge on any atom is 0.228 e. The van der Waals surface area contributed by atoms with Crippen molar-refractivity contribution in [1.29, 1.82) is 0 Å². The Kier molecular flexibility index (Phi) is 3.33. The molecule has 9 heteroatoms. The zero-order valence-electron chi connectivity index (χ0n) is 9.13. The molecule has 0 atom stereocenters. The summed E-state index contributed by atoms with van der Waals surface area (Å²) in [7, 11) is 1.82. The Bertz CT molecular complexity index is 490. The summed E-state index contributed by atoms with van der Waals surface area (Å²) in [5.74, 6) is 1.18. The predicted molar refractivity (Wildman–Crippen MR) is 62.4 cm³/mol. The van der Waals surface area contributed by atoms with E-state index < -0.39 is 0 Å². The highest BCUT2D eigenvalue weighted by Crippen LogP contribution is 2.06. The standard InChI is InChI=1S/C8H11ClN8/c1-17-4-12-5(16-17)2-3-11-8-14-6(9)13-7(10)15-8/h4H,2-3H2,1H3,(H3,10,11,13,14,15). The summed E-state index contributed by atoms with van der Waals surface area (Å²) >= 11 is 5.64. The second kappa shape index (κ2) is 4.91. The van der Waals surface area contributed by atoms with Gasteiger partial charge in [0.2, 0.25) is 17.2 Å². The van der Waals surface area contributed by atoms with E-state index in [1.807, 2.05) is 7.05 Å². The van der Waals surface area contributed by atoms with Crippen molar-refractivity contribution < 1.29 is 0 Å². The summed E-state index contributed by atoms with van der Waals surface area (Å²) in [6.07, 6.45) is 2.30. The first kappa shape index (κ1) is 11.5. The number of hydrogen-bond donors (Lipinski definition) is 2. The topological polar surface area (TPSA) is 107 Å². The average molecular weight is 255 g/mol. The van der Waals surface area contributed by atoms with Crippen LogP contribution in [0, 0.1) is 0 Å². The lowest BCUT2D eigenvalue weighted by atomic mass is 10.4. The SMILES string of the molecule is Cn1cnc(CCNc2nc(N)nc(Cl)n2)n1. The highest BCUT2D eigenvalue weighted by atomic mass is 35.5. The number of nitrogens with zero attached hydrogens (tertiary/aromatic N) is 6. The number of rotatable bonds is 4. The fourth-order valence-corrected chi connectivity index (χ4v) is 1.40. The number of hydrogen-bond acceptors (Lipinski definition) is 7. The van der Waals surface area contributed by atoms with Gasteiger partial charge in [0.1, 0.15) is 6.33 Å². The van der Waals surface area contributed by atoms with Gasteiger partial charge >= 0.3 is 0 Å². The van der Waals surface area contributed by atoms with E-state index in [1.165, 1.54) is 0 Å². The fourth-order valence-electron chi connectivity index (χ4n) is 1.23. The molecule has 0 aromatic carbocycles. The molecule has 0 amide bonds. The van der Waals surface area contributed by atoms with Gasteiger partial charge in [0.15, 0.2) is 5.82 Å². The summed E-state index contributed by atoms with van der Waals surface area (Å²) in [6.45, 7) is 0.587. The highest BCUT2D eigenvalue weighted by Gasteiger charge is 2.03. The van der Waals surface area contributed by atoms with Crippen molar-refractivity contribution in [3.8, 4) is 0 Å². The van der Waals surface area contributed by atoms with Crippen LogP contribution in [0.25, 0.3) is 0 Å². The van der Waals surface area contributed by atoms with Gasteiger partial charge in [-0.15, -0.1) is 0 Å². The molecule has 2 aromatic rings. The van der Waals surface area contributed by atoms with E-state index in [1.54, 1.807) is 11.0 Å². The molecule has 2 heterocycles. The van der Waals surface area contributed by atoms with Crippen molar-refractivity contribution in [2.45, 2.75) is 6.42 Å². The Morgan fingerprint density at radius 2 is 2.24 bits per heavy atom. The maximum atomic E-state index is 5.64. The van der Waals surface area contributed by atoms with E-state index in [9.17, 15) is 0 Å². The molecular formula is C8H11ClN8. The Balaban J connectivity index is 1.89. The van der Waals surface area contributed by atoms with Gasteiger partial charge in [-0.2, -0.15) is 20.1 Å². The molecule has 0 aliphatic rings. The minimum absolute atomic E-state index is 0.0657. The fraction of sp³-hybridized carbons (Fsp3) is 0.375. The first-order valence-electron chi connectivity index (χ1n) is 4.89. The molecule has 0 aliphatic heterocycles. The van der Waals surface area contributed by atoms with Crippen LogP contribution in [-0.4, -0.2) is 36.3 Å². The molecule has 8 nitrogen and oxygen atoms in total. The number of aromatic nitrogens is 6. The number of anilines is 2. The second-order valence-corrected chi connectivity index (χ2v) is 3.64. The van der Waals surface area contributed by atoms with Gasteiger partial charge in [-0.1, -0.05) is 0 Å². The monoisotopic (exact) mass is 254 g/mol. The number of halogens is 1. The van der Waals surface area contributed by atoms with Crippen LogP contribution < -0.4 is 11.1 Å². The minimum Gasteiger partial charge on any atom is -0.368 e.